The molecule has 0 unspecified atom stereocenters. The number of benzene rings is 1. The minimum absolute atomic E-state index is 0.0835. The van der Waals surface area contributed by atoms with Gasteiger partial charge in [0.25, 0.3) is 0 Å². The third-order valence-electron chi connectivity index (χ3n) is 1.46. The van der Waals surface area contributed by atoms with E-state index < -0.39 is 5.82 Å². The highest BCUT2D eigenvalue weighted by Crippen LogP contribution is 2.25. The van der Waals surface area contributed by atoms with Crippen molar-refractivity contribution in [1.82, 2.24) is 0 Å². The van der Waals surface area contributed by atoms with E-state index in [0.717, 1.165) is 6.54 Å². The fourth-order valence-electron chi connectivity index (χ4n) is 0.906. The maximum absolute atomic E-state index is 12.8. The van der Waals surface area contributed by atoms with E-state index in [-0.39, 0.29) is 5.02 Å². The smallest absolute Gasteiger partial charge is 0.143 e. The number of nitrogens with one attached hydrogen (secondary N) is 1. The fraction of sp³-hybridized carbons (Fsp3) is 0.250. The second kappa shape index (κ2) is 3.63. The predicted octanol–water partition coefficient (Wildman–Crippen LogP) is 2.49. The van der Waals surface area contributed by atoms with Crippen LogP contribution in [0.25, 0.3) is 0 Å². The third-order valence-corrected chi connectivity index (χ3v) is 1.75. The van der Waals surface area contributed by atoms with Crippen LogP contribution in [0.4, 0.5) is 15.8 Å². The summed E-state index contributed by atoms with van der Waals surface area (Å²) in [5, 5.41) is 3.05. The molecule has 0 saturated heterocycles. The van der Waals surface area contributed by atoms with Gasteiger partial charge in [0.2, 0.25) is 0 Å². The Bertz CT molecular complexity index is 289. The summed E-state index contributed by atoms with van der Waals surface area (Å²) in [4.78, 5) is 0. The highest BCUT2D eigenvalue weighted by Gasteiger charge is 2.04. The van der Waals surface area contributed by atoms with Crippen molar-refractivity contribution in [1.29, 1.82) is 0 Å². The maximum Gasteiger partial charge on any atom is 0.143 e. The first-order valence-corrected chi connectivity index (χ1v) is 4.01. The van der Waals surface area contributed by atoms with E-state index in [1.165, 1.54) is 12.1 Å². The molecular formula is C8H10ClFN2. The van der Waals surface area contributed by atoms with E-state index in [2.05, 4.69) is 5.32 Å². The van der Waals surface area contributed by atoms with E-state index in [1.54, 1.807) is 0 Å². The summed E-state index contributed by atoms with van der Waals surface area (Å²) in [7, 11) is 0. The predicted molar refractivity (Wildman–Crippen MR) is 50.0 cm³/mol. The third kappa shape index (κ3) is 1.80. The number of nitrogen functional groups attached to an aromatic ring is 1. The molecule has 0 saturated carbocycles. The van der Waals surface area contributed by atoms with Gasteiger partial charge in [0.15, 0.2) is 0 Å². The Morgan fingerprint density at radius 3 is 2.83 bits per heavy atom. The molecule has 1 aromatic rings. The van der Waals surface area contributed by atoms with Crippen molar-refractivity contribution in [2.75, 3.05) is 17.6 Å². The van der Waals surface area contributed by atoms with Gasteiger partial charge >= 0.3 is 0 Å². The van der Waals surface area contributed by atoms with Crippen LogP contribution in [0.3, 0.4) is 0 Å². The number of anilines is 2. The van der Waals surface area contributed by atoms with Crippen LogP contribution < -0.4 is 11.1 Å². The summed E-state index contributed by atoms with van der Waals surface area (Å²) in [5.41, 5.74) is 6.56. The minimum Gasteiger partial charge on any atom is -0.397 e. The zero-order chi connectivity index (χ0) is 9.14. The zero-order valence-corrected chi connectivity index (χ0v) is 7.45. The molecule has 0 atom stereocenters. The molecule has 3 N–H and O–H groups in total. The second-order valence-electron chi connectivity index (χ2n) is 2.38. The van der Waals surface area contributed by atoms with Gasteiger partial charge in [-0.1, -0.05) is 11.6 Å². The van der Waals surface area contributed by atoms with Crippen LogP contribution in [0.1, 0.15) is 6.92 Å². The highest BCUT2D eigenvalue weighted by molar-refractivity contribution is 6.31. The molecule has 0 heterocycles. The molecule has 66 valence electrons. The average Bonchev–Trinajstić information content (AvgIpc) is 2.01. The molecular weight excluding hydrogens is 179 g/mol. The summed E-state index contributed by atoms with van der Waals surface area (Å²) in [6.45, 7) is 2.66. The number of rotatable bonds is 2. The van der Waals surface area contributed by atoms with Crippen LogP contribution in [0.15, 0.2) is 12.1 Å². The van der Waals surface area contributed by atoms with Crippen LogP contribution in [-0.2, 0) is 0 Å². The van der Waals surface area contributed by atoms with Crippen LogP contribution in [0.5, 0.6) is 0 Å². The van der Waals surface area contributed by atoms with E-state index in [9.17, 15) is 4.39 Å². The van der Waals surface area contributed by atoms with Gasteiger partial charge in [0.1, 0.15) is 5.82 Å². The summed E-state index contributed by atoms with van der Waals surface area (Å²) >= 11 is 5.55. The molecule has 1 aromatic carbocycles. The van der Waals surface area contributed by atoms with Gasteiger partial charge in [-0.3, -0.25) is 0 Å². The maximum atomic E-state index is 12.8. The first-order chi connectivity index (χ1) is 5.65. The monoisotopic (exact) mass is 188 g/mol. The van der Waals surface area contributed by atoms with Crippen molar-refractivity contribution in [3.05, 3.63) is 23.0 Å². The lowest BCUT2D eigenvalue weighted by Crippen LogP contribution is -2.01. The van der Waals surface area contributed by atoms with Crippen molar-refractivity contribution in [3.63, 3.8) is 0 Å². The first-order valence-electron chi connectivity index (χ1n) is 3.63. The van der Waals surface area contributed by atoms with Crippen LogP contribution in [0.2, 0.25) is 5.02 Å². The Morgan fingerprint density at radius 2 is 2.25 bits per heavy atom. The van der Waals surface area contributed by atoms with E-state index in [0.29, 0.717) is 11.4 Å². The quantitative estimate of drug-likeness (QED) is 0.700. The van der Waals surface area contributed by atoms with Crippen LogP contribution in [0, 0.1) is 5.82 Å². The van der Waals surface area contributed by atoms with Gasteiger partial charge in [-0.25, -0.2) is 4.39 Å². The Balaban J connectivity index is 3.05. The van der Waals surface area contributed by atoms with E-state index in [1.807, 2.05) is 6.92 Å². The Hall–Kier alpha value is -0.960. The van der Waals surface area contributed by atoms with Gasteiger partial charge in [-0.05, 0) is 13.0 Å². The zero-order valence-electron chi connectivity index (χ0n) is 6.70. The molecule has 0 spiro atoms. The van der Waals surface area contributed by atoms with Gasteiger partial charge in [0, 0.05) is 12.6 Å². The van der Waals surface area contributed by atoms with Gasteiger partial charge in [-0.2, -0.15) is 0 Å². The van der Waals surface area contributed by atoms with Crippen molar-refractivity contribution < 1.29 is 4.39 Å². The molecule has 1 rings (SSSR count). The second-order valence-corrected chi connectivity index (χ2v) is 2.79. The molecule has 0 fully saturated rings. The average molecular weight is 189 g/mol. The van der Waals surface area contributed by atoms with Gasteiger partial charge in [-0.15, -0.1) is 0 Å². The van der Waals surface area contributed by atoms with Crippen molar-refractivity contribution >= 4 is 23.0 Å². The summed E-state index contributed by atoms with van der Waals surface area (Å²) in [5.74, 6) is -0.490. The minimum atomic E-state index is -0.490. The van der Waals surface area contributed by atoms with Gasteiger partial charge in [0.05, 0.1) is 16.4 Å². The van der Waals surface area contributed by atoms with Crippen LogP contribution in [-0.4, -0.2) is 6.54 Å². The summed E-state index contributed by atoms with van der Waals surface area (Å²) < 4.78 is 12.8. The molecule has 4 heteroatoms. The normalized spacial score (nSPS) is 9.92. The number of hydrogen-bond acceptors (Lipinski definition) is 2. The van der Waals surface area contributed by atoms with Crippen molar-refractivity contribution in [2.45, 2.75) is 6.92 Å². The molecule has 0 aliphatic rings. The largest absolute Gasteiger partial charge is 0.397 e. The van der Waals surface area contributed by atoms with Crippen molar-refractivity contribution in [2.24, 2.45) is 0 Å². The Labute approximate surface area is 75.5 Å². The molecule has 2 nitrogen and oxygen atoms in total. The van der Waals surface area contributed by atoms with Crippen molar-refractivity contribution in [3.8, 4) is 0 Å². The Morgan fingerprint density at radius 1 is 1.58 bits per heavy atom. The molecule has 0 bridgehead atoms. The first kappa shape index (κ1) is 9.13. The Kier molecular flexibility index (Phi) is 2.76. The number of nitrogens with two attached hydrogens (primary N) is 1. The van der Waals surface area contributed by atoms with Crippen LogP contribution >= 0.6 is 11.6 Å². The lowest BCUT2D eigenvalue weighted by Gasteiger charge is -2.07. The number of hydrogen-bond donors (Lipinski definition) is 2. The highest BCUT2D eigenvalue weighted by atomic mass is 35.5. The summed E-state index contributed by atoms with van der Waals surface area (Å²) in [6, 6.07) is 2.69. The molecule has 12 heavy (non-hydrogen) atoms. The van der Waals surface area contributed by atoms with Gasteiger partial charge < -0.3 is 11.1 Å². The molecule has 0 aliphatic carbocycles. The van der Waals surface area contributed by atoms with E-state index >= 15 is 0 Å². The lowest BCUT2D eigenvalue weighted by molar-refractivity contribution is 0.629. The molecule has 0 amide bonds. The SMILES string of the molecule is CCNc1cc(Cl)c(F)cc1N. The standard InChI is InChI=1S/C8H10ClFN2/c1-2-12-8-3-5(9)6(10)4-7(8)11/h3-4,12H,2,11H2,1H3. The lowest BCUT2D eigenvalue weighted by atomic mass is 10.2. The van der Waals surface area contributed by atoms with E-state index in [4.69, 9.17) is 17.3 Å². The number of halogens is 2. The topological polar surface area (TPSA) is 38.0 Å². The molecule has 0 radical (unpaired) electrons. The molecule has 0 aromatic heterocycles. The molecule has 0 aliphatic heterocycles. The fourth-order valence-corrected chi connectivity index (χ4v) is 1.07. The summed E-state index contributed by atoms with van der Waals surface area (Å²) in [6.07, 6.45) is 0.